The van der Waals surface area contributed by atoms with Crippen molar-refractivity contribution in [1.82, 2.24) is 15.0 Å². The van der Waals surface area contributed by atoms with Crippen molar-refractivity contribution in [2.45, 2.75) is 51.0 Å². The standard InChI is InChI=1S/C27H33F2N3O2/c28-22-6-8-24-26(17-22)34-30-27(24)20-9-14-31(15-10-20)13-4-16-33-23-7-5-21(25(29)18-23)19-32-11-2-1-3-12-32/h5-8,17-18,20H,1-4,9-16,19H2. The highest BCUT2D eigenvalue weighted by molar-refractivity contribution is 5.79. The number of hydrogen-bond acceptors (Lipinski definition) is 5. The Kier molecular flexibility index (Phi) is 7.40. The van der Waals surface area contributed by atoms with Crippen LogP contribution in [0.25, 0.3) is 11.0 Å². The Morgan fingerprint density at radius 1 is 0.941 bits per heavy atom. The van der Waals surface area contributed by atoms with Crippen molar-refractivity contribution in [2.24, 2.45) is 0 Å². The summed E-state index contributed by atoms with van der Waals surface area (Å²) in [6, 6.07) is 9.91. The van der Waals surface area contributed by atoms with Gasteiger partial charge in [0.25, 0.3) is 0 Å². The lowest BCUT2D eigenvalue weighted by Crippen LogP contribution is -2.34. The molecule has 1 aromatic heterocycles. The Balaban J connectivity index is 1.04. The molecule has 0 spiro atoms. The summed E-state index contributed by atoms with van der Waals surface area (Å²) >= 11 is 0. The quantitative estimate of drug-likeness (QED) is 0.394. The Morgan fingerprint density at radius 3 is 2.56 bits per heavy atom. The molecule has 34 heavy (non-hydrogen) atoms. The first-order valence-corrected chi connectivity index (χ1v) is 12.6. The molecule has 2 aliphatic rings. The molecule has 0 aliphatic carbocycles. The van der Waals surface area contributed by atoms with Gasteiger partial charge in [-0.15, -0.1) is 0 Å². The van der Waals surface area contributed by atoms with E-state index in [1.165, 1.54) is 37.5 Å². The average molecular weight is 470 g/mol. The van der Waals surface area contributed by atoms with E-state index >= 15 is 0 Å². The maximum absolute atomic E-state index is 14.5. The molecule has 0 unspecified atom stereocenters. The second-order valence-corrected chi connectivity index (χ2v) is 9.62. The molecule has 0 N–H and O–H groups in total. The summed E-state index contributed by atoms with van der Waals surface area (Å²) < 4.78 is 39.1. The van der Waals surface area contributed by atoms with Crippen LogP contribution in [0.2, 0.25) is 0 Å². The van der Waals surface area contributed by atoms with E-state index in [1.807, 2.05) is 12.1 Å². The smallest absolute Gasteiger partial charge is 0.170 e. The number of likely N-dealkylation sites (tertiary alicyclic amines) is 2. The van der Waals surface area contributed by atoms with Crippen LogP contribution >= 0.6 is 0 Å². The van der Waals surface area contributed by atoms with Gasteiger partial charge in [-0.25, -0.2) is 8.78 Å². The first-order valence-electron chi connectivity index (χ1n) is 12.6. The van der Waals surface area contributed by atoms with E-state index in [9.17, 15) is 8.78 Å². The highest BCUT2D eigenvalue weighted by atomic mass is 19.1. The molecule has 5 rings (SSSR count). The van der Waals surface area contributed by atoms with E-state index in [1.54, 1.807) is 6.07 Å². The molecule has 0 radical (unpaired) electrons. The third-order valence-electron chi connectivity index (χ3n) is 7.19. The lowest BCUT2D eigenvalue weighted by molar-refractivity contribution is 0.190. The van der Waals surface area contributed by atoms with Crippen molar-refractivity contribution in [2.75, 3.05) is 39.3 Å². The number of benzene rings is 2. The molecule has 5 nitrogen and oxygen atoms in total. The fraction of sp³-hybridized carbons (Fsp3) is 0.519. The summed E-state index contributed by atoms with van der Waals surface area (Å²) in [4.78, 5) is 4.76. The van der Waals surface area contributed by atoms with Gasteiger partial charge in [0.05, 0.1) is 12.3 Å². The maximum atomic E-state index is 14.5. The van der Waals surface area contributed by atoms with Crippen LogP contribution in [-0.2, 0) is 6.54 Å². The minimum atomic E-state index is -0.302. The fourth-order valence-electron chi connectivity index (χ4n) is 5.24. The number of ether oxygens (including phenoxy) is 1. The van der Waals surface area contributed by atoms with E-state index in [-0.39, 0.29) is 11.6 Å². The van der Waals surface area contributed by atoms with Gasteiger partial charge in [0, 0.05) is 42.1 Å². The number of piperidine rings is 2. The first-order chi connectivity index (χ1) is 16.7. The molecule has 0 saturated carbocycles. The fourth-order valence-corrected chi connectivity index (χ4v) is 5.24. The minimum Gasteiger partial charge on any atom is -0.493 e. The zero-order valence-electron chi connectivity index (χ0n) is 19.6. The summed E-state index contributed by atoms with van der Waals surface area (Å²) in [6.07, 6.45) is 6.60. The van der Waals surface area contributed by atoms with E-state index in [2.05, 4.69) is 15.0 Å². The van der Waals surface area contributed by atoms with Crippen LogP contribution in [-0.4, -0.2) is 54.3 Å². The SMILES string of the molecule is Fc1ccc2c(C3CCN(CCCOc4ccc(CN5CCCCC5)c(F)c4)CC3)noc2c1. The molecule has 2 aromatic carbocycles. The lowest BCUT2D eigenvalue weighted by Gasteiger charge is -2.31. The van der Waals surface area contributed by atoms with Gasteiger partial charge in [0.2, 0.25) is 0 Å². The van der Waals surface area contributed by atoms with Crippen molar-refractivity contribution in [3.63, 3.8) is 0 Å². The maximum Gasteiger partial charge on any atom is 0.170 e. The van der Waals surface area contributed by atoms with E-state index in [0.29, 0.717) is 30.4 Å². The summed E-state index contributed by atoms with van der Waals surface area (Å²) in [5, 5.41) is 5.15. The topological polar surface area (TPSA) is 41.7 Å². The Labute approximate surface area is 199 Å². The van der Waals surface area contributed by atoms with Gasteiger partial charge in [-0.3, -0.25) is 4.90 Å². The Bertz CT molecular complexity index is 1090. The van der Waals surface area contributed by atoms with Crippen molar-refractivity contribution in [3.05, 3.63) is 59.3 Å². The second-order valence-electron chi connectivity index (χ2n) is 9.62. The van der Waals surface area contributed by atoms with Crippen molar-refractivity contribution < 1.29 is 18.0 Å². The number of aromatic nitrogens is 1. The minimum absolute atomic E-state index is 0.173. The van der Waals surface area contributed by atoms with Gasteiger partial charge in [-0.05, 0) is 76.5 Å². The predicted octanol–water partition coefficient (Wildman–Crippen LogP) is 5.74. The molecule has 2 fully saturated rings. The zero-order valence-corrected chi connectivity index (χ0v) is 19.6. The average Bonchev–Trinajstić information content (AvgIpc) is 3.27. The first kappa shape index (κ1) is 23.2. The molecule has 3 aromatic rings. The molecular weight excluding hydrogens is 436 g/mol. The zero-order chi connectivity index (χ0) is 23.3. The summed E-state index contributed by atoms with van der Waals surface area (Å²) in [5.41, 5.74) is 2.22. The number of halogens is 2. The number of nitrogens with zero attached hydrogens (tertiary/aromatic N) is 3. The molecule has 0 bridgehead atoms. The van der Waals surface area contributed by atoms with Crippen LogP contribution < -0.4 is 4.74 Å². The van der Waals surface area contributed by atoms with Crippen LogP contribution in [0.4, 0.5) is 8.78 Å². The van der Waals surface area contributed by atoms with Crippen LogP contribution in [0, 0.1) is 11.6 Å². The third-order valence-corrected chi connectivity index (χ3v) is 7.19. The molecule has 2 aliphatic heterocycles. The third kappa shape index (κ3) is 5.58. The Morgan fingerprint density at radius 2 is 1.76 bits per heavy atom. The van der Waals surface area contributed by atoms with Gasteiger partial charge in [0.1, 0.15) is 17.4 Å². The summed E-state index contributed by atoms with van der Waals surface area (Å²) in [5.74, 6) is 0.468. The van der Waals surface area contributed by atoms with Crippen LogP contribution in [0.5, 0.6) is 5.75 Å². The van der Waals surface area contributed by atoms with Gasteiger partial charge >= 0.3 is 0 Å². The monoisotopic (exact) mass is 469 g/mol. The highest BCUT2D eigenvalue weighted by Gasteiger charge is 2.25. The van der Waals surface area contributed by atoms with Crippen molar-refractivity contribution in [1.29, 1.82) is 0 Å². The molecule has 7 heteroatoms. The van der Waals surface area contributed by atoms with Crippen molar-refractivity contribution in [3.8, 4) is 5.75 Å². The normalized spacial score (nSPS) is 18.5. The van der Waals surface area contributed by atoms with Gasteiger partial charge < -0.3 is 14.2 Å². The lowest BCUT2D eigenvalue weighted by atomic mass is 9.91. The molecule has 0 amide bonds. The van der Waals surface area contributed by atoms with Crippen LogP contribution in [0.3, 0.4) is 0 Å². The summed E-state index contributed by atoms with van der Waals surface area (Å²) in [7, 11) is 0. The molecule has 182 valence electrons. The Hall–Kier alpha value is -2.51. The number of hydrogen-bond donors (Lipinski definition) is 0. The second kappa shape index (κ2) is 10.8. The molecular formula is C27H33F2N3O2. The highest BCUT2D eigenvalue weighted by Crippen LogP contribution is 2.32. The summed E-state index contributed by atoms with van der Waals surface area (Å²) in [6.45, 7) is 6.30. The van der Waals surface area contributed by atoms with Crippen LogP contribution in [0.15, 0.2) is 40.9 Å². The van der Waals surface area contributed by atoms with Crippen molar-refractivity contribution >= 4 is 11.0 Å². The largest absolute Gasteiger partial charge is 0.493 e. The van der Waals surface area contributed by atoms with Gasteiger partial charge in [-0.2, -0.15) is 0 Å². The van der Waals surface area contributed by atoms with Gasteiger partial charge in [-0.1, -0.05) is 17.6 Å². The van der Waals surface area contributed by atoms with E-state index < -0.39 is 0 Å². The van der Waals surface area contributed by atoms with E-state index in [0.717, 1.165) is 68.6 Å². The number of rotatable bonds is 8. The predicted molar refractivity (Wildman–Crippen MR) is 128 cm³/mol. The van der Waals surface area contributed by atoms with Gasteiger partial charge in [0.15, 0.2) is 5.58 Å². The van der Waals surface area contributed by atoms with Crippen LogP contribution in [0.1, 0.15) is 55.7 Å². The number of fused-ring (bicyclic) bond motifs is 1. The molecule has 0 atom stereocenters. The van der Waals surface area contributed by atoms with E-state index in [4.69, 9.17) is 9.26 Å². The molecule has 3 heterocycles. The molecule has 2 saturated heterocycles.